The maximum absolute atomic E-state index is 12.2. The molecule has 0 aliphatic rings. The third-order valence-corrected chi connectivity index (χ3v) is 5.85. The Balaban J connectivity index is 2.47. The number of carbonyl (C=O) groups excluding carboxylic acids is 1. The van der Waals surface area contributed by atoms with Crippen LogP contribution in [0.15, 0.2) is 30.3 Å². The van der Waals surface area contributed by atoms with Crippen LogP contribution < -0.4 is 5.32 Å². The molecule has 1 aromatic rings. The van der Waals surface area contributed by atoms with E-state index >= 15 is 0 Å². The first kappa shape index (κ1) is 16.8. The zero-order valence-electron chi connectivity index (χ0n) is 12.7. The Kier molecular flexibility index (Phi) is 5.82. The summed E-state index contributed by atoms with van der Waals surface area (Å²) >= 11 is 0. The van der Waals surface area contributed by atoms with Crippen molar-refractivity contribution in [1.82, 2.24) is 5.32 Å². The first-order chi connectivity index (χ1) is 9.24. The summed E-state index contributed by atoms with van der Waals surface area (Å²) in [4.78, 5) is 11.8. The fourth-order valence-corrected chi connectivity index (χ4v) is 4.00. The number of carbonyl (C=O) groups is 1. The van der Waals surface area contributed by atoms with Gasteiger partial charge < -0.3 is 14.6 Å². The van der Waals surface area contributed by atoms with E-state index in [-0.39, 0.29) is 6.61 Å². The molecule has 20 heavy (non-hydrogen) atoms. The van der Waals surface area contributed by atoms with Gasteiger partial charge in [0.1, 0.15) is 6.61 Å². The number of nitrogens with one attached hydrogen (secondary N) is 1. The maximum Gasteiger partial charge on any atom is 0.407 e. The fraction of sp³-hybridized carbons (Fsp3) is 0.533. The van der Waals surface area contributed by atoms with E-state index in [1.54, 1.807) is 6.66 Å². The van der Waals surface area contributed by atoms with Crippen LogP contribution >= 0.6 is 7.14 Å². The van der Waals surface area contributed by atoms with Gasteiger partial charge in [-0.05, 0) is 32.2 Å². The predicted molar refractivity (Wildman–Crippen MR) is 82.8 cm³/mol. The second kappa shape index (κ2) is 6.94. The molecule has 0 fully saturated rings. The minimum atomic E-state index is -2.20. The lowest BCUT2D eigenvalue weighted by atomic mass is 10.1. The monoisotopic (exact) mass is 297 g/mol. The largest absolute Gasteiger partial charge is 0.445 e. The van der Waals surface area contributed by atoms with Crippen LogP contribution in [-0.2, 0) is 15.9 Å². The van der Waals surface area contributed by atoms with E-state index in [1.165, 1.54) is 0 Å². The first-order valence-electron chi connectivity index (χ1n) is 6.78. The zero-order valence-corrected chi connectivity index (χ0v) is 13.6. The van der Waals surface area contributed by atoms with Gasteiger partial charge in [0.05, 0.1) is 7.14 Å². The SMILES string of the molecule is CCP(C)(=O)CC(C)(C)NC(=O)OCc1ccccc1. The highest BCUT2D eigenvalue weighted by Crippen LogP contribution is 2.43. The number of rotatable bonds is 6. The van der Waals surface area contributed by atoms with Crippen molar-refractivity contribution < 1.29 is 14.1 Å². The van der Waals surface area contributed by atoms with Crippen molar-refractivity contribution in [2.24, 2.45) is 0 Å². The predicted octanol–water partition coefficient (Wildman–Crippen LogP) is 3.70. The van der Waals surface area contributed by atoms with Gasteiger partial charge >= 0.3 is 6.09 Å². The van der Waals surface area contributed by atoms with Crippen molar-refractivity contribution in [2.45, 2.75) is 32.9 Å². The third-order valence-electron chi connectivity index (χ3n) is 3.05. The molecule has 1 unspecified atom stereocenters. The minimum absolute atomic E-state index is 0.236. The van der Waals surface area contributed by atoms with Crippen LogP contribution in [0.1, 0.15) is 26.3 Å². The van der Waals surface area contributed by atoms with Crippen molar-refractivity contribution in [3.05, 3.63) is 35.9 Å². The standard InChI is InChI=1S/C15H24NO3P/c1-5-20(4,18)12-15(2,3)16-14(17)19-11-13-9-7-6-8-10-13/h6-10H,5,11-12H2,1-4H3,(H,16,17). The second-order valence-corrected chi connectivity index (χ2v) is 9.38. The summed E-state index contributed by atoms with van der Waals surface area (Å²) in [5.74, 6) is 0. The van der Waals surface area contributed by atoms with Gasteiger partial charge in [0.15, 0.2) is 0 Å². The van der Waals surface area contributed by atoms with Gasteiger partial charge in [-0.25, -0.2) is 4.79 Å². The molecule has 0 bridgehead atoms. The summed E-state index contributed by atoms with van der Waals surface area (Å²) in [6, 6.07) is 9.51. The summed E-state index contributed by atoms with van der Waals surface area (Å²) < 4.78 is 17.3. The molecule has 0 aromatic heterocycles. The van der Waals surface area contributed by atoms with Gasteiger partial charge in [-0.15, -0.1) is 0 Å². The molecule has 1 aromatic carbocycles. The number of alkyl carbamates (subject to hydrolysis) is 1. The quantitative estimate of drug-likeness (QED) is 0.814. The lowest BCUT2D eigenvalue weighted by Gasteiger charge is -2.28. The fourth-order valence-electron chi connectivity index (χ4n) is 2.02. The van der Waals surface area contributed by atoms with Gasteiger partial charge in [-0.3, -0.25) is 0 Å². The van der Waals surface area contributed by atoms with E-state index in [1.807, 2.05) is 51.1 Å². The number of hydrogen-bond acceptors (Lipinski definition) is 3. The van der Waals surface area contributed by atoms with E-state index in [4.69, 9.17) is 4.74 Å². The molecule has 0 saturated carbocycles. The molecule has 0 aliphatic heterocycles. The lowest BCUT2D eigenvalue weighted by molar-refractivity contribution is 0.131. The Labute approximate surface area is 121 Å². The zero-order chi connectivity index (χ0) is 15.2. The summed E-state index contributed by atoms with van der Waals surface area (Å²) in [7, 11) is -2.20. The van der Waals surface area contributed by atoms with E-state index < -0.39 is 18.8 Å². The molecule has 4 nitrogen and oxygen atoms in total. The Morgan fingerprint density at radius 2 is 1.90 bits per heavy atom. The molecule has 0 heterocycles. The molecule has 1 rings (SSSR count). The lowest BCUT2D eigenvalue weighted by Crippen LogP contribution is -2.46. The highest BCUT2D eigenvalue weighted by molar-refractivity contribution is 7.63. The molecule has 1 N–H and O–H groups in total. The molecule has 5 heteroatoms. The summed E-state index contributed by atoms with van der Waals surface area (Å²) in [6.45, 7) is 7.64. The highest BCUT2D eigenvalue weighted by Gasteiger charge is 2.28. The topological polar surface area (TPSA) is 55.4 Å². The third kappa shape index (κ3) is 6.25. The average Bonchev–Trinajstić information content (AvgIpc) is 2.36. The Morgan fingerprint density at radius 3 is 2.45 bits per heavy atom. The second-order valence-electron chi connectivity index (χ2n) is 5.84. The van der Waals surface area contributed by atoms with E-state index in [2.05, 4.69) is 5.32 Å². The van der Waals surface area contributed by atoms with E-state index in [0.29, 0.717) is 12.3 Å². The number of benzene rings is 1. The van der Waals surface area contributed by atoms with Gasteiger partial charge in [0, 0.05) is 11.7 Å². The summed E-state index contributed by atoms with van der Waals surface area (Å²) in [5.41, 5.74) is 0.406. The van der Waals surface area contributed by atoms with Crippen LogP contribution in [-0.4, -0.2) is 30.6 Å². The molecule has 1 atom stereocenters. The van der Waals surface area contributed by atoms with Crippen LogP contribution in [0, 0.1) is 0 Å². The van der Waals surface area contributed by atoms with Crippen LogP contribution in [0.5, 0.6) is 0 Å². The normalized spacial score (nSPS) is 14.4. The maximum atomic E-state index is 12.2. The molecule has 1 amide bonds. The minimum Gasteiger partial charge on any atom is -0.445 e. The summed E-state index contributed by atoms with van der Waals surface area (Å²) in [6.07, 6.45) is 0.628. The number of hydrogen-bond donors (Lipinski definition) is 1. The van der Waals surface area contributed by atoms with Gasteiger partial charge in [0.25, 0.3) is 0 Å². The van der Waals surface area contributed by atoms with E-state index in [0.717, 1.165) is 5.56 Å². The average molecular weight is 297 g/mol. The number of amides is 1. The molecular weight excluding hydrogens is 273 g/mol. The van der Waals surface area contributed by atoms with E-state index in [9.17, 15) is 9.36 Å². The van der Waals surface area contributed by atoms with Gasteiger partial charge in [0.2, 0.25) is 0 Å². The molecule has 0 aliphatic carbocycles. The highest BCUT2D eigenvalue weighted by atomic mass is 31.2. The van der Waals surface area contributed by atoms with Gasteiger partial charge in [-0.1, -0.05) is 37.3 Å². The Hall–Kier alpha value is -1.28. The molecular formula is C15H24NO3P. The van der Waals surface area contributed by atoms with Crippen molar-refractivity contribution in [2.75, 3.05) is 19.0 Å². The van der Waals surface area contributed by atoms with Crippen molar-refractivity contribution in [3.8, 4) is 0 Å². The van der Waals surface area contributed by atoms with Crippen LogP contribution in [0.4, 0.5) is 4.79 Å². The Morgan fingerprint density at radius 1 is 1.30 bits per heavy atom. The van der Waals surface area contributed by atoms with Crippen LogP contribution in [0.3, 0.4) is 0 Å². The van der Waals surface area contributed by atoms with Crippen molar-refractivity contribution in [3.63, 3.8) is 0 Å². The molecule has 112 valence electrons. The first-order valence-corrected chi connectivity index (χ1v) is 9.31. The Bertz CT molecular complexity index is 485. The van der Waals surface area contributed by atoms with Crippen molar-refractivity contribution in [1.29, 1.82) is 0 Å². The summed E-state index contributed by atoms with van der Waals surface area (Å²) in [5, 5.41) is 2.78. The van der Waals surface area contributed by atoms with Gasteiger partial charge in [-0.2, -0.15) is 0 Å². The van der Waals surface area contributed by atoms with Crippen LogP contribution in [0.25, 0.3) is 0 Å². The van der Waals surface area contributed by atoms with Crippen molar-refractivity contribution >= 4 is 13.2 Å². The molecule has 0 saturated heterocycles. The van der Waals surface area contributed by atoms with Crippen LogP contribution in [0.2, 0.25) is 0 Å². The smallest absolute Gasteiger partial charge is 0.407 e. The molecule has 0 spiro atoms. The number of ether oxygens (including phenoxy) is 1. The molecule has 0 radical (unpaired) electrons.